The molecule has 0 aliphatic heterocycles. The van der Waals surface area contributed by atoms with Gasteiger partial charge in [-0.3, -0.25) is 5.41 Å². The molecule has 0 aliphatic rings. The van der Waals surface area contributed by atoms with Crippen LogP contribution in [0.2, 0.25) is 0 Å². The van der Waals surface area contributed by atoms with Crippen LogP contribution in [-0.4, -0.2) is 23.9 Å². The van der Waals surface area contributed by atoms with Gasteiger partial charge in [-0.15, -0.1) is 0 Å². The van der Waals surface area contributed by atoms with Gasteiger partial charge in [0.05, 0.1) is 5.56 Å². The third-order valence-electron chi connectivity index (χ3n) is 3.50. The highest BCUT2D eigenvalue weighted by molar-refractivity contribution is 6.01. The van der Waals surface area contributed by atoms with E-state index in [0.717, 1.165) is 22.6 Å². The Balaban J connectivity index is 3.34. The average Bonchev–Trinajstić information content (AvgIpc) is 2.24. The third-order valence-corrected chi connectivity index (χ3v) is 3.50. The predicted molar refractivity (Wildman–Crippen MR) is 77.4 cm³/mol. The summed E-state index contributed by atoms with van der Waals surface area (Å²) in [5.41, 5.74) is 8.40. The first-order valence-electron chi connectivity index (χ1n) is 6.31. The van der Waals surface area contributed by atoms with Gasteiger partial charge in [-0.2, -0.15) is 0 Å². The number of nitrogens with one attached hydrogen (secondary N) is 1. The molecular weight excluding hydrogens is 224 g/mol. The van der Waals surface area contributed by atoms with Crippen LogP contribution in [0, 0.1) is 25.2 Å². The van der Waals surface area contributed by atoms with Crippen LogP contribution in [0.3, 0.4) is 0 Å². The van der Waals surface area contributed by atoms with E-state index in [-0.39, 0.29) is 5.84 Å². The minimum Gasteiger partial charge on any atom is -0.384 e. The molecule has 0 bridgehead atoms. The van der Waals surface area contributed by atoms with E-state index in [1.807, 2.05) is 27.0 Å². The first-order chi connectivity index (χ1) is 8.25. The third kappa shape index (κ3) is 2.81. The summed E-state index contributed by atoms with van der Waals surface area (Å²) < 4.78 is 0. The number of hydrogen-bond acceptors (Lipinski definition) is 3. The van der Waals surface area contributed by atoms with E-state index in [2.05, 4.69) is 30.7 Å². The molecule has 0 aliphatic carbocycles. The molecule has 0 saturated heterocycles. The van der Waals surface area contributed by atoms with Crippen molar-refractivity contribution in [1.29, 1.82) is 5.41 Å². The van der Waals surface area contributed by atoms with Crippen LogP contribution in [0.1, 0.15) is 37.6 Å². The number of rotatable bonds is 4. The number of hydrogen-bond donors (Lipinski definition) is 2. The predicted octanol–water partition coefficient (Wildman–Crippen LogP) is 2.46. The molecule has 0 fully saturated rings. The largest absolute Gasteiger partial charge is 0.384 e. The first-order valence-corrected chi connectivity index (χ1v) is 6.31. The molecule has 0 spiro atoms. The maximum Gasteiger partial charge on any atom is 0.140 e. The van der Waals surface area contributed by atoms with E-state index in [4.69, 9.17) is 11.1 Å². The van der Waals surface area contributed by atoms with Gasteiger partial charge < -0.3 is 10.6 Å². The van der Waals surface area contributed by atoms with Crippen molar-refractivity contribution >= 4 is 11.7 Å². The summed E-state index contributed by atoms with van der Waals surface area (Å²) in [6, 6.07) is 2.31. The highest BCUT2D eigenvalue weighted by Crippen LogP contribution is 2.24. The molecular formula is C14H24N4. The molecule has 0 aromatic carbocycles. The smallest absolute Gasteiger partial charge is 0.140 e. The molecule has 0 saturated carbocycles. The SMILES string of the molecule is Cc1cc(C)c(C(=N)N)c(N(C)C(C)C(C)C)n1. The van der Waals surface area contributed by atoms with E-state index >= 15 is 0 Å². The van der Waals surface area contributed by atoms with Crippen molar-refractivity contribution in [2.45, 2.75) is 40.7 Å². The molecule has 1 atom stereocenters. The Hall–Kier alpha value is -1.58. The van der Waals surface area contributed by atoms with E-state index in [9.17, 15) is 0 Å². The van der Waals surface area contributed by atoms with Crippen LogP contribution in [0.15, 0.2) is 6.07 Å². The lowest BCUT2D eigenvalue weighted by molar-refractivity contribution is 0.502. The van der Waals surface area contributed by atoms with Crippen molar-refractivity contribution in [2.24, 2.45) is 11.7 Å². The first kappa shape index (κ1) is 14.5. The molecule has 18 heavy (non-hydrogen) atoms. The van der Waals surface area contributed by atoms with E-state index in [1.54, 1.807) is 0 Å². The topological polar surface area (TPSA) is 66.0 Å². The van der Waals surface area contributed by atoms with Crippen LogP contribution in [-0.2, 0) is 0 Å². The average molecular weight is 248 g/mol. The molecule has 0 radical (unpaired) electrons. The fourth-order valence-electron chi connectivity index (χ4n) is 2.05. The van der Waals surface area contributed by atoms with Crippen LogP contribution in [0.4, 0.5) is 5.82 Å². The van der Waals surface area contributed by atoms with Crippen molar-refractivity contribution in [3.05, 3.63) is 22.9 Å². The number of nitrogen functional groups attached to an aromatic ring is 1. The molecule has 0 amide bonds. The van der Waals surface area contributed by atoms with E-state index in [0.29, 0.717) is 12.0 Å². The number of nitrogens with two attached hydrogens (primary N) is 1. The van der Waals surface area contributed by atoms with Gasteiger partial charge in [0.25, 0.3) is 0 Å². The summed E-state index contributed by atoms with van der Waals surface area (Å²) >= 11 is 0. The van der Waals surface area contributed by atoms with Gasteiger partial charge in [0.15, 0.2) is 0 Å². The maximum atomic E-state index is 7.74. The van der Waals surface area contributed by atoms with Gasteiger partial charge >= 0.3 is 0 Å². The molecule has 1 aromatic heterocycles. The summed E-state index contributed by atoms with van der Waals surface area (Å²) in [6.45, 7) is 10.5. The van der Waals surface area contributed by atoms with Gasteiger partial charge in [-0.25, -0.2) is 4.98 Å². The number of pyridine rings is 1. The van der Waals surface area contributed by atoms with Crippen LogP contribution >= 0.6 is 0 Å². The second-order valence-corrected chi connectivity index (χ2v) is 5.29. The Morgan fingerprint density at radius 2 is 1.89 bits per heavy atom. The molecule has 1 unspecified atom stereocenters. The van der Waals surface area contributed by atoms with Gasteiger partial charge in [0.2, 0.25) is 0 Å². The van der Waals surface area contributed by atoms with Crippen LogP contribution in [0.5, 0.6) is 0 Å². The number of anilines is 1. The number of aromatic nitrogens is 1. The molecule has 4 nitrogen and oxygen atoms in total. The Labute approximate surface area is 110 Å². The number of nitrogens with zero attached hydrogens (tertiary/aromatic N) is 2. The Bertz CT molecular complexity index is 451. The monoisotopic (exact) mass is 248 g/mol. The number of aryl methyl sites for hydroxylation is 2. The Kier molecular flexibility index (Phi) is 4.33. The van der Waals surface area contributed by atoms with E-state index < -0.39 is 0 Å². The summed E-state index contributed by atoms with van der Waals surface area (Å²) in [7, 11) is 2.01. The quantitative estimate of drug-likeness (QED) is 0.635. The zero-order chi connectivity index (χ0) is 14.0. The second-order valence-electron chi connectivity index (χ2n) is 5.29. The molecule has 4 heteroatoms. The molecule has 100 valence electrons. The zero-order valence-corrected chi connectivity index (χ0v) is 12.2. The summed E-state index contributed by atoms with van der Waals surface area (Å²) in [5, 5.41) is 7.74. The van der Waals surface area contributed by atoms with Crippen LogP contribution in [0.25, 0.3) is 0 Å². The van der Waals surface area contributed by atoms with Gasteiger partial charge in [0, 0.05) is 18.8 Å². The van der Waals surface area contributed by atoms with Crippen molar-refractivity contribution in [2.75, 3.05) is 11.9 Å². The number of amidine groups is 1. The standard InChI is InChI=1S/C14H24N4/c1-8(2)11(5)18(6)14-12(13(15)16)9(3)7-10(4)17-14/h7-8,11H,1-6H3,(H3,15,16). The van der Waals surface area contributed by atoms with Crippen molar-refractivity contribution in [3.63, 3.8) is 0 Å². The molecule has 1 aromatic rings. The molecule has 1 rings (SSSR count). The van der Waals surface area contributed by atoms with E-state index in [1.165, 1.54) is 0 Å². The Morgan fingerprint density at radius 1 is 1.33 bits per heavy atom. The minimum atomic E-state index is 0.0813. The van der Waals surface area contributed by atoms with Crippen LogP contribution < -0.4 is 10.6 Å². The Morgan fingerprint density at radius 3 is 2.33 bits per heavy atom. The molecule has 3 N–H and O–H groups in total. The highest BCUT2D eigenvalue weighted by Gasteiger charge is 2.20. The van der Waals surface area contributed by atoms with Crippen molar-refractivity contribution < 1.29 is 0 Å². The lowest BCUT2D eigenvalue weighted by atomic mass is 10.0. The second kappa shape index (κ2) is 5.38. The zero-order valence-electron chi connectivity index (χ0n) is 12.2. The molecule has 1 heterocycles. The van der Waals surface area contributed by atoms with Gasteiger partial charge in [0.1, 0.15) is 11.7 Å². The summed E-state index contributed by atoms with van der Waals surface area (Å²) in [5.74, 6) is 1.40. The van der Waals surface area contributed by atoms with Crippen molar-refractivity contribution in [1.82, 2.24) is 4.98 Å². The normalized spacial score (nSPS) is 12.6. The fourth-order valence-corrected chi connectivity index (χ4v) is 2.05. The maximum absolute atomic E-state index is 7.74. The lowest BCUT2D eigenvalue weighted by Gasteiger charge is -2.31. The summed E-state index contributed by atoms with van der Waals surface area (Å²) in [6.07, 6.45) is 0. The summed E-state index contributed by atoms with van der Waals surface area (Å²) in [4.78, 5) is 6.68. The van der Waals surface area contributed by atoms with Gasteiger partial charge in [-0.1, -0.05) is 13.8 Å². The fraction of sp³-hybridized carbons (Fsp3) is 0.571. The lowest BCUT2D eigenvalue weighted by Crippen LogP contribution is -2.36. The minimum absolute atomic E-state index is 0.0813. The van der Waals surface area contributed by atoms with Gasteiger partial charge in [-0.05, 0) is 38.3 Å². The highest BCUT2D eigenvalue weighted by atomic mass is 15.2. The van der Waals surface area contributed by atoms with Crippen molar-refractivity contribution in [3.8, 4) is 0 Å².